The molecule has 0 spiro atoms. The number of morpholine rings is 1. The van der Waals surface area contributed by atoms with E-state index >= 15 is 0 Å². The second kappa shape index (κ2) is 8.69. The Kier molecular flexibility index (Phi) is 6.31. The Balaban J connectivity index is 1.63. The summed E-state index contributed by atoms with van der Waals surface area (Å²) in [6.07, 6.45) is 5.10. The van der Waals surface area contributed by atoms with Crippen LogP contribution in [0.3, 0.4) is 0 Å². The number of carbonyl (C=O) groups excluding carboxylic acids is 2. The number of likely N-dealkylation sites (tertiary alicyclic amines) is 1. The molecule has 0 aliphatic carbocycles. The third-order valence-electron chi connectivity index (χ3n) is 5.19. The summed E-state index contributed by atoms with van der Waals surface area (Å²) in [6, 6.07) is 3.42. The molecule has 2 aliphatic heterocycles. The Morgan fingerprint density at radius 2 is 1.96 bits per heavy atom. The molecule has 0 bridgehead atoms. The zero-order valence-electron chi connectivity index (χ0n) is 16.5. The maximum atomic E-state index is 12.7. The van der Waals surface area contributed by atoms with Gasteiger partial charge in [0.25, 0.3) is 0 Å². The predicted octanol–water partition coefficient (Wildman–Crippen LogP) is 2.42. The molecule has 2 saturated heterocycles. The summed E-state index contributed by atoms with van der Waals surface area (Å²) in [6.45, 7) is 8.23. The van der Waals surface area contributed by atoms with Crippen molar-refractivity contribution in [2.75, 3.05) is 29.9 Å². The molecule has 2 aliphatic rings. The van der Waals surface area contributed by atoms with E-state index in [2.05, 4.69) is 29.0 Å². The van der Waals surface area contributed by atoms with Crippen LogP contribution in [0.25, 0.3) is 0 Å². The zero-order chi connectivity index (χ0) is 19.4. The smallest absolute Gasteiger partial charge is 0.247 e. The standard InChI is InChI=1S/C20H30N4O3/c1-4-19(25)24-10-6-5-7-17(24)20(26)22-16-8-9-18(21-11-16)23-12-14(2)27-15(3)13-23/h8-9,11,14-15,17H,4-7,10,12-13H2,1-3H3,(H,22,26). The number of amides is 2. The molecular formula is C20H30N4O3. The van der Waals surface area contributed by atoms with E-state index in [0.29, 0.717) is 25.1 Å². The molecule has 7 heteroatoms. The van der Waals surface area contributed by atoms with Gasteiger partial charge in [-0.05, 0) is 45.2 Å². The van der Waals surface area contributed by atoms with Gasteiger partial charge in [-0.3, -0.25) is 9.59 Å². The molecule has 1 N–H and O–H groups in total. The molecule has 0 aromatic carbocycles. The second-order valence-electron chi connectivity index (χ2n) is 7.51. The highest BCUT2D eigenvalue weighted by molar-refractivity contribution is 5.97. The normalized spacial score (nSPS) is 26.0. The monoisotopic (exact) mass is 374 g/mol. The number of rotatable bonds is 4. The lowest BCUT2D eigenvalue weighted by Gasteiger charge is -2.36. The van der Waals surface area contributed by atoms with Crippen molar-refractivity contribution < 1.29 is 14.3 Å². The topological polar surface area (TPSA) is 74.8 Å². The van der Waals surface area contributed by atoms with Crippen LogP contribution < -0.4 is 10.2 Å². The van der Waals surface area contributed by atoms with Gasteiger partial charge in [-0.15, -0.1) is 0 Å². The van der Waals surface area contributed by atoms with Crippen LogP contribution in [0.1, 0.15) is 46.5 Å². The van der Waals surface area contributed by atoms with Crippen LogP contribution in [-0.2, 0) is 14.3 Å². The summed E-state index contributed by atoms with van der Waals surface area (Å²) in [5.74, 6) is 0.800. The quantitative estimate of drug-likeness (QED) is 0.876. The summed E-state index contributed by atoms with van der Waals surface area (Å²) < 4.78 is 5.76. The van der Waals surface area contributed by atoms with Crippen LogP contribution in [0.4, 0.5) is 11.5 Å². The fraction of sp³-hybridized carbons (Fsp3) is 0.650. The van der Waals surface area contributed by atoms with Crippen molar-refractivity contribution in [3.63, 3.8) is 0 Å². The van der Waals surface area contributed by atoms with E-state index in [1.165, 1.54) is 0 Å². The number of carbonyl (C=O) groups is 2. The van der Waals surface area contributed by atoms with Gasteiger partial charge in [-0.25, -0.2) is 4.98 Å². The summed E-state index contributed by atoms with van der Waals surface area (Å²) >= 11 is 0. The van der Waals surface area contributed by atoms with Gasteiger partial charge < -0.3 is 19.9 Å². The van der Waals surface area contributed by atoms with Gasteiger partial charge in [0.05, 0.1) is 24.1 Å². The number of piperidine rings is 1. The van der Waals surface area contributed by atoms with Crippen molar-refractivity contribution in [1.29, 1.82) is 0 Å². The van der Waals surface area contributed by atoms with E-state index in [1.807, 2.05) is 19.1 Å². The van der Waals surface area contributed by atoms with Crippen molar-refractivity contribution in [3.05, 3.63) is 18.3 Å². The molecule has 0 saturated carbocycles. The van der Waals surface area contributed by atoms with Crippen LogP contribution in [0.15, 0.2) is 18.3 Å². The van der Waals surface area contributed by atoms with E-state index in [4.69, 9.17) is 4.74 Å². The molecule has 148 valence electrons. The van der Waals surface area contributed by atoms with Gasteiger partial charge in [0.2, 0.25) is 11.8 Å². The van der Waals surface area contributed by atoms with Crippen molar-refractivity contribution >= 4 is 23.3 Å². The molecule has 3 atom stereocenters. The first-order chi connectivity index (χ1) is 13.0. The number of pyridine rings is 1. The molecule has 1 aromatic rings. The number of nitrogens with zero attached hydrogens (tertiary/aromatic N) is 3. The van der Waals surface area contributed by atoms with E-state index in [0.717, 1.165) is 31.7 Å². The number of hydrogen-bond acceptors (Lipinski definition) is 5. The summed E-state index contributed by atoms with van der Waals surface area (Å²) in [5.41, 5.74) is 0.660. The minimum Gasteiger partial charge on any atom is -0.372 e. The maximum Gasteiger partial charge on any atom is 0.247 e. The Labute approximate surface area is 161 Å². The molecular weight excluding hydrogens is 344 g/mol. The van der Waals surface area contributed by atoms with Gasteiger partial charge in [0.1, 0.15) is 11.9 Å². The molecule has 3 unspecified atom stereocenters. The van der Waals surface area contributed by atoms with E-state index < -0.39 is 0 Å². The number of hydrogen-bond donors (Lipinski definition) is 1. The first kappa shape index (κ1) is 19.6. The largest absolute Gasteiger partial charge is 0.372 e. The Morgan fingerprint density at radius 3 is 2.59 bits per heavy atom. The third-order valence-corrected chi connectivity index (χ3v) is 5.19. The van der Waals surface area contributed by atoms with Gasteiger partial charge >= 0.3 is 0 Å². The van der Waals surface area contributed by atoms with Crippen LogP contribution in [0.5, 0.6) is 0 Å². The van der Waals surface area contributed by atoms with Crippen LogP contribution in [0, 0.1) is 0 Å². The van der Waals surface area contributed by atoms with Crippen molar-refractivity contribution in [3.8, 4) is 0 Å². The lowest BCUT2D eigenvalue weighted by atomic mass is 10.0. The first-order valence-electron chi connectivity index (χ1n) is 9.94. The molecule has 3 rings (SSSR count). The van der Waals surface area contributed by atoms with Gasteiger partial charge in [0.15, 0.2) is 0 Å². The molecule has 1 aromatic heterocycles. The SMILES string of the molecule is CCC(=O)N1CCCCC1C(=O)Nc1ccc(N2CC(C)OC(C)C2)nc1. The summed E-state index contributed by atoms with van der Waals surface area (Å²) in [5, 5.41) is 2.93. The minimum absolute atomic E-state index is 0.0406. The zero-order valence-corrected chi connectivity index (χ0v) is 16.5. The molecule has 3 heterocycles. The molecule has 2 amide bonds. The highest BCUT2D eigenvalue weighted by Gasteiger charge is 2.31. The predicted molar refractivity (Wildman–Crippen MR) is 105 cm³/mol. The average Bonchev–Trinajstić information content (AvgIpc) is 2.67. The number of ether oxygens (including phenoxy) is 1. The molecule has 7 nitrogen and oxygen atoms in total. The van der Waals surface area contributed by atoms with E-state index in [1.54, 1.807) is 11.1 Å². The van der Waals surface area contributed by atoms with Crippen molar-refractivity contribution in [2.45, 2.75) is 64.7 Å². The molecule has 27 heavy (non-hydrogen) atoms. The highest BCUT2D eigenvalue weighted by atomic mass is 16.5. The summed E-state index contributed by atoms with van der Waals surface area (Å²) in [4.78, 5) is 33.3. The van der Waals surface area contributed by atoms with Gasteiger partial charge in [-0.2, -0.15) is 0 Å². The molecule has 2 fully saturated rings. The van der Waals surface area contributed by atoms with Crippen LogP contribution >= 0.6 is 0 Å². The van der Waals surface area contributed by atoms with Crippen molar-refractivity contribution in [2.24, 2.45) is 0 Å². The van der Waals surface area contributed by atoms with E-state index in [-0.39, 0.29) is 30.1 Å². The minimum atomic E-state index is -0.383. The summed E-state index contributed by atoms with van der Waals surface area (Å²) in [7, 11) is 0. The highest BCUT2D eigenvalue weighted by Crippen LogP contribution is 2.22. The lowest BCUT2D eigenvalue weighted by molar-refractivity contribution is -0.140. The van der Waals surface area contributed by atoms with Gasteiger partial charge in [-0.1, -0.05) is 6.92 Å². The number of aromatic nitrogens is 1. The number of anilines is 2. The first-order valence-corrected chi connectivity index (χ1v) is 9.94. The Hall–Kier alpha value is -2.15. The fourth-order valence-corrected chi connectivity index (χ4v) is 3.94. The van der Waals surface area contributed by atoms with Crippen LogP contribution in [0.2, 0.25) is 0 Å². The Morgan fingerprint density at radius 1 is 1.22 bits per heavy atom. The Bertz CT molecular complexity index is 654. The third kappa shape index (κ3) is 4.77. The van der Waals surface area contributed by atoms with Gasteiger partial charge in [0, 0.05) is 26.1 Å². The average molecular weight is 374 g/mol. The molecule has 0 radical (unpaired) electrons. The second-order valence-corrected chi connectivity index (χ2v) is 7.51. The van der Waals surface area contributed by atoms with E-state index in [9.17, 15) is 9.59 Å². The maximum absolute atomic E-state index is 12.7. The van der Waals surface area contributed by atoms with Crippen molar-refractivity contribution in [1.82, 2.24) is 9.88 Å². The van der Waals surface area contributed by atoms with Crippen LogP contribution in [-0.4, -0.2) is 59.6 Å². The number of nitrogens with one attached hydrogen (secondary N) is 1. The fourth-order valence-electron chi connectivity index (χ4n) is 3.94. The lowest BCUT2D eigenvalue weighted by Crippen LogP contribution is -2.49.